The van der Waals surface area contributed by atoms with Crippen molar-refractivity contribution < 1.29 is 13.2 Å². The lowest BCUT2D eigenvalue weighted by Crippen LogP contribution is -2.04. The average molecular weight is 352 g/mol. The summed E-state index contributed by atoms with van der Waals surface area (Å²) in [6.07, 6.45) is -1.91. The van der Waals surface area contributed by atoms with Crippen LogP contribution in [0.2, 0.25) is 0 Å². The highest BCUT2D eigenvalue weighted by Crippen LogP contribution is 2.38. The lowest BCUT2D eigenvalue weighted by Gasteiger charge is -2.07. The van der Waals surface area contributed by atoms with Gasteiger partial charge < -0.3 is 10.7 Å². The number of nitrogens with two attached hydrogens (primary N) is 1. The second-order valence-electron chi connectivity index (χ2n) is 5.97. The SMILES string of the molecule is Cc1csc(-c2[nH]c3ccc(C(F)(F)F)cc3c2CCCCN)c1. The minimum atomic E-state index is -4.33. The van der Waals surface area contributed by atoms with Crippen LogP contribution < -0.4 is 5.73 Å². The Hall–Kier alpha value is -1.79. The molecule has 2 heterocycles. The molecule has 0 aliphatic rings. The summed E-state index contributed by atoms with van der Waals surface area (Å²) in [5, 5.41) is 2.70. The van der Waals surface area contributed by atoms with Gasteiger partial charge in [-0.15, -0.1) is 11.3 Å². The van der Waals surface area contributed by atoms with Gasteiger partial charge in [0.2, 0.25) is 0 Å². The number of benzene rings is 1. The molecule has 0 spiro atoms. The molecule has 0 saturated heterocycles. The Labute approximate surface area is 142 Å². The van der Waals surface area contributed by atoms with Crippen molar-refractivity contribution in [3.05, 3.63) is 46.3 Å². The summed E-state index contributed by atoms with van der Waals surface area (Å²) in [7, 11) is 0. The number of aromatic amines is 1. The van der Waals surface area contributed by atoms with Gasteiger partial charge >= 0.3 is 6.18 Å². The van der Waals surface area contributed by atoms with Crippen molar-refractivity contribution in [1.82, 2.24) is 4.98 Å². The Balaban J connectivity index is 2.14. The van der Waals surface area contributed by atoms with Gasteiger partial charge in [-0.25, -0.2) is 0 Å². The molecule has 0 radical (unpaired) electrons. The molecule has 0 unspecified atom stereocenters. The number of unbranched alkanes of at least 4 members (excludes halogenated alkanes) is 1. The summed E-state index contributed by atoms with van der Waals surface area (Å²) < 4.78 is 39.2. The van der Waals surface area contributed by atoms with Gasteiger partial charge in [-0.05, 0) is 73.5 Å². The van der Waals surface area contributed by atoms with Crippen LogP contribution in [0.15, 0.2) is 29.6 Å². The summed E-state index contributed by atoms with van der Waals surface area (Å²) in [6, 6.07) is 5.97. The number of nitrogens with one attached hydrogen (secondary N) is 1. The first-order chi connectivity index (χ1) is 11.4. The minimum Gasteiger partial charge on any atom is -0.354 e. The van der Waals surface area contributed by atoms with E-state index in [2.05, 4.69) is 11.1 Å². The van der Waals surface area contributed by atoms with Gasteiger partial charge in [-0.2, -0.15) is 13.2 Å². The number of aromatic nitrogens is 1. The number of alkyl halides is 3. The van der Waals surface area contributed by atoms with Crippen LogP contribution in [0.5, 0.6) is 0 Å². The van der Waals surface area contributed by atoms with E-state index in [4.69, 9.17) is 5.73 Å². The van der Waals surface area contributed by atoms with E-state index in [0.29, 0.717) is 18.4 Å². The molecule has 128 valence electrons. The first kappa shape index (κ1) is 17.0. The molecule has 0 bridgehead atoms. The van der Waals surface area contributed by atoms with E-state index < -0.39 is 11.7 Å². The Morgan fingerprint density at radius 2 is 1.96 bits per heavy atom. The number of thiophene rings is 1. The zero-order valence-corrected chi connectivity index (χ0v) is 14.2. The van der Waals surface area contributed by atoms with E-state index in [9.17, 15) is 13.2 Å². The molecule has 0 aliphatic heterocycles. The average Bonchev–Trinajstić information content (AvgIpc) is 3.10. The van der Waals surface area contributed by atoms with E-state index in [1.165, 1.54) is 12.1 Å². The molecular formula is C18H19F3N2S. The molecule has 3 rings (SSSR count). The summed E-state index contributed by atoms with van der Waals surface area (Å²) in [6.45, 7) is 2.60. The molecule has 24 heavy (non-hydrogen) atoms. The fourth-order valence-corrected chi connectivity index (χ4v) is 3.83. The molecule has 3 aromatic rings. The molecular weight excluding hydrogens is 333 g/mol. The van der Waals surface area contributed by atoms with Crippen molar-refractivity contribution >= 4 is 22.2 Å². The van der Waals surface area contributed by atoms with Crippen LogP contribution in [-0.2, 0) is 12.6 Å². The van der Waals surface area contributed by atoms with E-state index >= 15 is 0 Å². The van der Waals surface area contributed by atoms with Gasteiger partial charge in [0.15, 0.2) is 0 Å². The third kappa shape index (κ3) is 3.35. The van der Waals surface area contributed by atoms with Gasteiger partial charge in [0.25, 0.3) is 0 Å². The summed E-state index contributed by atoms with van der Waals surface area (Å²) in [5.41, 5.74) is 8.72. The number of halogens is 3. The number of fused-ring (bicyclic) bond motifs is 1. The number of aryl methyl sites for hydroxylation is 2. The van der Waals surface area contributed by atoms with Gasteiger partial charge in [-0.3, -0.25) is 0 Å². The highest BCUT2D eigenvalue weighted by atomic mass is 32.1. The van der Waals surface area contributed by atoms with Crippen LogP contribution in [0.4, 0.5) is 13.2 Å². The lowest BCUT2D eigenvalue weighted by molar-refractivity contribution is -0.137. The van der Waals surface area contributed by atoms with Gasteiger partial charge in [0, 0.05) is 10.9 Å². The molecule has 2 nitrogen and oxygen atoms in total. The fraction of sp³-hybridized carbons (Fsp3) is 0.333. The summed E-state index contributed by atoms with van der Waals surface area (Å²) in [4.78, 5) is 4.37. The van der Waals surface area contributed by atoms with E-state index in [1.54, 1.807) is 11.3 Å². The van der Waals surface area contributed by atoms with Crippen LogP contribution in [0.25, 0.3) is 21.5 Å². The molecule has 1 aromatic carbocycles. The Morgan fingerprint density at radius 3 is 2.58 bits per heavy atom. The van der Waals surface area contributed by atoms with Crippen molar-refractivity contribution in [1.29, 1.82) is 0 Å². The Morgan fingerprint density at radius 1 is 1.17 bits per heavy atom. The van der Waals surface area contributed by atoms with Crippen LogP contribution in [0.3, 0.4) is 0 Å². The number of hydrogen-bond acceptors (Lipinski definition) is 2. The van der Waals surface area contributed by atoms with Gasteiger partial charge in [-0.1, -0.05) is 0 Å². The van der Waals surface area contributed by atoms with Crippen LogP contribution in [-0.4, -0.2) is 11.5 Å². The zero-order chi connectivity index (χ0) is 17.3. The predicted octanol–water partition coefficient (Wildman–Crippen LogP) is 5.51. The quantitative estimate of drug-likeness (QED) is 0.585. The highest BCUT2D eigenvalue weighted by molar-refractivity contribution is 7.13. The van der Waals surface area contributed by atoms with Crippen molar-refractivity contribution in [2.75, 3.05) is 6.54 Å². The molecule has 0 amide bonds. The lowest BCUT2D eigenvalue weighted by atomic mass is 10.0. The van der Waals surface area contributed by atoms with Crippen molar-refractivity contribution in [2.24, 2.45) is 5.73 Å². The molecule has 3 N–H and O–H groups in total. The smallest absolute Gasteiger partial charge is 0.354 e. The summed E-state index contributed by atoms with van der Waals surface area (Å²) in [5.74, 6) is 0. The maximum atomic E-state index is 13.1. The standard InChI is InChI=1S/C18H19F3N2S/c1-11-8-16(24-10-11)17-13(4-2-3-7-22)14-9-12(18(19,20)21)5-6-15(14)23-17/h5-6,8-10,23H,2-4,7,22H2,1H3. The van der Waals surface area contributed by atoms with Crippen molar-refractivity contribution in [3.8, 4) is 10.6 Å². The van der Waals surface area contributed by atoms with E-state index in [-0.39, 0.29) is 0 Å². The third-order valence-electron chi connectivity index (χ3n) is 4.09. The van der Waals surface area contributed by atoms with Crippen LogP contribution in [0.1, 0.15) is 29.5 Å². The Kier molecular flexibility index (Phi) is 4.69. The topological polar surface area (TPSA) is 41.8 Å². The molecule has 0 saturated carbocycles. The number of hydrogen-bond donors (Lipinski definition) is 2. The normalized spacial score (nSPS) is 12.2. The molecule has 0 atom stereocenters. The van der Waals surface area contributed by atoms with Crippen molar-refractivity contribution in [2.45, 2.75) is 32.4 Å². The highest BCUT2D eigenvalue weighted by Gasteiger charge is 2.31. The first-order valence-electron chi connectivity index (χ1n) is 7.87. The number of H-pyrrole nitrogens is 1. The van der Waals surface area contributed by atoms with Crippen molar-refractivity contribution in [3.63, 3.8) is 0 Å². The Bertz CT molecular complexity index is 846. The molecule has 0 aliphatic carbocycles. The van der Waals surface area contributed by atoms with Gasteiger partial charge in [0.05, 0.1) is 16.1 Å². The molecule has 6 heteroatoms. The predicted molar refractivity (Wildman–Crippen MR) is 93.3 cm³/mol. The second kappa shape index (κ2) is 6.61. The summed E-state index contributed by atoms with van der Waals surface area (Å²) >= 11 is 1.60. The molecule has 0 fully saturated rings. The second-order valence-corrected chi connectivity index (χ2v) is 6.88. The maximum Gasteiger partial charge on any atom is 0.416 e. The number of rotatable bonds is 5. The zero-order valence-electron chi connectivity index (χ0n) is 13.3. The van der Waals surface area contributed by atoms with E-state index in [1.807, 2.05) is 12.3 Å². The maximum absolute atomic E-state index is 13.1. The van der Waals surface area contributed by atoms with Crippen LogP contribution in [0, 0.1) is 6.92 Å². The fourth-order valence-electron chi connectivity index (χ4n) is 2.90. The first-order valence-corrected chi connectivity index (χ1v) is 8.75. The monoisotopic (exact) mass is 352 g/mol. The van der Waals surface area contributed by atoms with Crippen LogP contribution >= 0.6 is 11.3 Å². The minimum absolute atomic E-state index is 0.587. The third-order valence-corrected chi connectivity index (χ3v) is 5.16. The van der Waals surface area contributed by atoms with E-state index in [0.717, 1.165) is 46.1 Å². The molecule has 2 aromatic heterocycles. The largest absolute Gasteiger partial charge is 0.416 e. The van der Waals surface area contributed by atoms with Gasteiger partial charge in [0.1, 0.15) is 0 Å².